The summed E-state index contributed by atoms with van der Waals surface area (Å²) in [7, 11) is 1.70. The van der Waals surface area contributed by atoms with E-state index < -0.39 is 0 Å². The van der Waals surface area contributed by atoms with Gasteiger partial charge in [-0.2, -0.15) is 0 Å². The molecule has 1 unspecified atom stereocenters. The number of carbonyl (C=O) groups excluding carboxylic acids is 2. The highest BCUT2D eigenvalue weighted by Gasteiger charge is 2.23. The van der Waals surface area contributed by atoms with E-state index >= 15 is 0 Å². The number of para-hydroxylation sites is 2. The van der Waals surface area contributed by atoms with Gasteiger partial charge < -0.3 is 24.4 Å². The van der Waals surface area contributed by atoms with Gasteiger partial charge in [-0.3, -0.25) is 0 Å². The summed E-state index contributed by atoms with van der Waals surface area (Å²) in [6.07, 6.45) is 2.79. The average Bonchev–Trinajstić information content (AvgIpc) is 2.73. The molecular formula is C22H24N2O5. The van der Waals surface area contributed by atoms with Gasteiger partial charge in [0.2, 0.25) is 0 Å². The quantitative estimate of drug-likeness (QED) is 0.597. The fourth-order valence-corrected chi connectivity index (χ4v) is 2.79. The number of amides is 2. The van der Waals surface area contributed by atoms with E-state index in [1.54, 1.807) is 49.2 Å². The first kappa shape index (κ1) is 20.3. The Labute approximate surface area is 169 Å². The lowest BCUT2D eigenvalue weighted by Gasteiger charge is -2.29. The second kappa shape index (κ2) is 9.64. The molecule has 0 fully saturated rings. The van der Waals surface area contributed by atoms with Gasteiger partial charge in [-0.15, -0.1) is 0 Å². The van der Waals surface area contributed by atoms with Gasteiger partial charge in [0.05, 0.1) is 13.2 Å². The monoisotopic (exact) mass is 396 g/mol. The van der Waals surface area contributed by atoms with Gasteiger partial charge in [-0.05, 0) is 42.8 Å². The van der Waals surface area contributed by atoms with Crippen molar-refractivity contribution in [3.8, 4) is 11.5 Å². The number of nitrogens with zero attached hydrogens (tertiary/aromatic N) is 1. The third kappa shape index (κ3) is 5.75. The van der Waals surface area contributed by atoms with E-state index in [1.807, 2.05) is 24.3 Å². The highest BCUT2D eigenvalue weighted by atomic mass is 16.6. The normalized spacial score (nSPS) is 15.0. The van der Waals surface area contributed by atoms with Gasteiger partial charge >= 0.3 is 12.0 Å². The first-order chi connectivity index (χ1) is 14.0. The van der Waals surface area contributed by atoms with Gasteiger partial charge in [0, 0.05) is 18.8 Å². The molecule has 7 heteroatoms. The molecule has 152 valence electrons. The van der Waals surface area contributed by atoms with Crippen LogP contribution in [0.5, 0.6) is 11.5 Å². The highest BCUT2D eigenvalue weighted by molar-refractivity contribution is 5.90. The second-order valence-corrected chi connectivity index (χ2v) is 6.52. The molecule has 1 aliphatic heterocycles. The van der Waals surface area contributed by atoms with Crippen LogP contribution in [0.15, 0.2) is 54.6 Å². The lowest BCUT2D eigenvalue weighted by Crippen LogP contribution is -2.43. The number of fused-ring (bicyclic) bond motifs is 1. The minimum Gasteiger partial charge on any atom is -0.486 e. The van der Waals surface area contributed by atoms with Crippen LogP contribution in [0.1, 0.15) is 12.5 Å². The molecule has 29 heavy (non-hydrogen) atoms. The van der Waals surface area contributed by atoms with Gasteiger partial charge in [-0.1, -0.05) is 24.3 Å². The summed E-state index contributed by atoms with van der Waals surface area (Å²) in [6, 6.07) is 14.4. The predicted molar refractivity (Wildman–Crippen MR) is 110 cm³/mol. The van der Waals surface area contributed by atoms with Gasteiger partial charge in [0.1, 0.15) is 6.61 Å². The van der Waals surface area contributed by atoms with Crippen LogP contribution in [0.4, 0.5) is 10.5 Å². The second-order valence-electron chi connectivity index (χ2n) is 6.52. The number of hydrogen-bond acceptors (Lipinski definition) is 5. The van der Waals surface area contributed by atoms with E-state index in [1.165, 1.54) is 6.08 Å². The number of benzene rings is 2. The van der Waals surface area contributed by atoms with E-state index in [-0.39, 0.29) is 18.1 Å². The number of anilines is 1. The van der Waals surface area contributed by atoms with Gasteiger partial charge in [0.15, 0.2) is 17.6 Å². The van der Waals surface area contributed by atoms with Crippen LogP contribution in [0.2, 0.25) is 0 Å². The van der Waals surface area contributed by atoms with Crippen molar-refractivity contribution in [2.24, 2.45) is 0 Å². The zero-order valence-electron chi connectivity index (χ0n) is 16.5. The molecule has 7 nitrogen and oxygen atoms in total. The van der Waals surface area contributed by atoms with Crippen LogP contribution in [0.3, 0.4) is 0 Å². The lowest BCUT2D eigenvalue weighted by atomic mass is 10.2. The maximum absolute atomic E-state index is 12.4. The SMILES string of the molecule is CCOC(=O)/C=C/c1ccc(NC(=O)N(C)CC2COc3ccccc3O2)cc1. The average molecular weight is 396 g/mol. The summed E-state index contributed by atoms with van der Waals surface area (Å²) < 4.78 is 16.4. The fourth-order valence-electron chi connectivity index (χ4n) is 2.79. The Morgan fingerprint density at radius 3 is 2.62 bits per heavy atom. The van der Waals surface area contributed by atoms with Crippen LogP contribution >= 0.6 is 0 Å². The van der Waals surface area contributed by atoms with Gasteiger partial charge in [-0.25, -0.2) is 9.59 Å². The van der Waals surface area contributed by atoms with Crippen LogP contribution in [-0.4, -0.2) is 49.8 Å². The van der Waals surface area contributed by atoms with E-state index in [9.17, 15) is 9.59 Å². The van der Waals surface area contributed by atoms with Crippen LogP contribution in [-0.2, 0) is 9.53 Å². The number of nitrogens with one attached hydrogen (secondary N) is 1. The number of likely N-dealkylation sites (N-methyl/N-ethyl adjacent to an activating group) is 1. The van der Waals surface area contributed by atoms with Crippen molar-refractivity contribution in [1.82, 2.24) is 4.90 Å². The molecule has 0 radical (unpaired) electrons. The molecule has 0 bridgehead atoms. The molecule has 1 atom stereocenters. The summed E-state index contributed by atoms with van der Waals surface area (Å²) in [5.74, 6) is 1.01. The standard InChI is InChI=1S/C22H24N2O5/c1-3-27-21(25)13-10-16-8-11-17(12-9-16)23-22(26)24(2)14-18-15-28-19-6-4-5-7-20(19)29-18/h4-13,18H,3,14-15H2,1-2H3,(H,23,26)/b13-10+. The molecule has 0 saturated heterocycles. The summed E-state index contributed by atoms with van der Waals surface area (Å²) in [5, 5.41) is 2.84. The van der Waals surface area contributed by atoms with Crippen LogP contribution in [0.25, 0.3) is 6.08 Å². The topological polar surface area (TPSA) is 77.1 Å². The molecule has 1 heterocycles. The summed E-state index contributed by atoms with van der Waals surface area (Å²) in [6.45, 7) is 2.87. The van der Waals surface area contributed by atoms with Crippen molar-refractivity contribution < 1.29 is 23.8 Å². The molecule has 2 amide bonds. The molecule has 3 rings (SSSR count). The molecule has 2 aromatic rings. The first-order valence-electron chi connectivity index (χ1n) is 9.40. The number of carbonyl (C=O) groups is 2. The van der Waals surface area contributed by atoms with Crippen molar-refractivity contribution in [2.45, 2.75) is 13.0 Å². The fraction of sp³-hybridized carbons (Fsp3) is 0.273. The number of ether oxygens (including phenoxy) is 3. The Bertz CT molecular complexity index is 879. The Balaban J connectivity index is 1.50. The number of hydrogen-bond donors (Lipinski definition) is 1. The maximum Gasteiger partial charge on any atom is 0.330 e. The van der Waals surface area contributed by atoms with Crippen molar-refractivity contribution >= 4 is 23.8 Å². The Morgan fingerprint density at radius 1 is 1.17 bits per heavy atom. The molecule has 0 spiro atoms. The van der Waals surface area contributed by atoms with Crippen LogP contribution < -0.4 is 14.8 Å². The maximum atomic E-state index is 12.4. The number of rotatable bonds is 6. The van der Waals surface area contributed by atoms with E-state index in [0.717, 1.165) is 5.56 Å². The minimum absolute atomic E-state index is 0.240. The highest BCUT2D eigenvalue weighted by Crippen LogP contribution is 2.30. The Kier molecular flexibility index (Phi) is 6.73. The van der Waals surface area contributed by atoms with E-state index in [2.05, 4.69) is 5.32 Å². The molecule has 1 N–H and O–H groups in total. The summed E-state index contributed by atoms with van der Waals surface area (Å²) in [4.78, 5) is 25.3. The third-order valence-electron chi connectivity index (χ3n) is 4.25. The molecular weight excluding hydrogens is 372 g/mol. The zero-order chi connectivity index (χ0) is 20.6. The zero-order valence-corrected chi connectivity index (χ0v) is 16.5. The third-order valence-corrected chi connectivity index (χ3v) is 4.25. The van der Waals surface area contributed by atoms with Crippen molar-refractivity contribution in [2.75, 3.05) is 32.1 Å². The molecule has 0 saturated carbocycles. The van der Waals surface area contributed by atoms with E-state index in [0.29, 0.717) is 36.9 Å². The Hall–Kier alpha value is -3.48. The largest absolute Gasteiger partial charge is 0.486 e. The number of urea groups is 1. The molecule has 2 aromatic carbocycles. The summed E-state index contributed by atoms with van der Waals surface area (Å²) >= 11 is 0. The predicted octanol–water partition coefficient (Wildman–Crippen LogP) is 3.57. The Morgan fingerprint density at radius 2 is 1.90 bits per heavy atom. The summed E-state index contributed by atoms with van der Waals surface area (Å²) in [5.41, 5.74) is 1.48. The van der Waals surface area contributed by atoms with Crippen LogP contribution in [0, 0.1) is 0 Å². The first-order valence-corrected chi connectivity index (χ1v) is 9.40. The smallest absolute Gasteiger partial charge is 0.330 e. The van der Waals surface area contributed by atoms with Crippen molar-refractivity contribution in [3.05, 3.63) is 60.2 Å². The molecule has 1 aliphatic rings. The van der Waals surface area contributed by atoms with Crippen molar-refractivity contribution in [3.63, 3.8) is 0 Å². The molecule has 0 aliphatic carbocycles. The van der Waals surface area contributed by atoms with E-state index in [4.69, 9.17) is 14.2 Å². The van der Waals surface area contributed by atoms with Crippen molar-refractivity contribution in [1.29, 1.82) is 0 Å². The minimum atomic E-state index is -0.386. The lowest BCUT2D eigenvalue weighted by molar-refractivity contribution is -0.137. The van der Waals surface area contributed by atoms with Gasteiger partial charge in [0.25, 0.3) is 0 Å². The number of esters is 1. The molecule has 0 aromatic heterocycles.